The van der Waals surface area contributed by atoms with Crippen LogP contribution in [0, 0.1) is 0 Å². The van der Waals surface area contributed by atoms with Gasteiger partial charge in [0.1, 0.15) is 18.5 Å². The second-order valence-electron chi connectivity index (χ2n) is 5.31. The lowest BCUT2D eigenvalue weighted by atomic mass is 9.99. The molecule has 1 saturated heterocycles. The molecule has 0 aromatic carbocycles. The Labute approximate surface area is 122 Å². The van der Waals surface area contributed by atoms with Crippen molar-refractivity contribution in [2.45, 2.75) is 45.3 Å². The molecule has 1 atom stereocenters. The number of hydrogen-bond acceptors (Lipinski definition) is 5. The monoisotopic (exact) mass is 291 g/mol. The van der Waals surface area contributed by atoms with Crippen LogP contribution in [0.3, 0.4) is 0 Å². The average molecular weight is 291 g/mol. The number of piperidine rings is 1. The summed E-state index contributed by atoms with van der Waals surface area (Å²) in [6.45, 7) is 5.73. The summed E-state index contributed by atoms with van der Waals surface area (Å²) in [4.78, 5) is 16.3. The summed E-state index contributed by atoms with van der Waals surface area (Å²) in [7, 11) is 0. The first kappa shape index (κ1) is 14.0. The van der Waals surface area contributed by atoms with E-state index < -0.39 is 0 Å². The van der Waals surface area contributed by atoms with Gasteiger partial charge in [-0.15, -0.1) is 0 Å². The maximum atomic E-state index is 12.4. The fourth-order valence-electron chi connectivity index (χ4n) is 2.82. The van der Waals surface area contributed by atoms with Gasteiger partial charge in [-0.2, -0.15) is 10.2 Å². The molecule has 1 fully saturated rings. The smallest absolute Gasteiger partial charge is 0.316 e. The summed E-state index contributed by atoms with van der Waals surface area (Å²) in [5.41, 5.74) is -0.0295. The van der Waals surface area contributed by atoms with Crippen molar-refractivity contribution in [1.29, 1.82) is 0 Å². The third-order valence-corrected chi connectivity index (χ3v) is 3.94. The molecule has 3 heterocycles. The Morgan fingerprint density at radius 3 is 3.00 bits per heavy atom. The minimum Gasteiger partial charge on any atom is -0.316 e. The Bertz CT molecular complexity index is 621. The average Bonchev–Trinajstić information content (AvgIpc) is 3.14. The first-order chi connectivity index (χ1) is 10.3. The Morgan fingerprint density at radius 1 is 1.43 bits per heavy atom. The van der Waals surface area contributed by atoms with E-state index in [1.807, 2.05) is 6.92 Å². The molecule has 0 saturated carbocycles. The van der Waals surface area contributed by atoms with Gasteiger partial charge in [0.2, 0.25) is 0 Å². The third-order valence-electron chi connectivity index (χ3n) is 3.94. The molecule has 0 amide bonds. The van der Waals surface area contributed by atoms with E-state index in [-0.39, 0.29) is 5.69 Å². The Morgan fingerprint density at radius 2 is 2.33 bits per heavy atom. The van der Waals surface area contributed by atoms with Crippen molar-refractivity contribution in [2.75, 3.05) is 13.1 Å². The Balaban J connectivity index is 1.80. The summed E-state index contributed by atoms with van der Waals surface area (Å²) < 4.78 is 5.05. The van der Waals surface area contributed by atoms with E-state index in [4.69, 9.17) is 0 Å². The van der Waals surface area contributed by atoms with Crippen LogP contribution < -0.4 is 11.0 Å². The molecule has 0 radical (unpaired) electrons. The quantitative estimate of drug-likeness (QED) is 0.826. The number of nitrogens with zero attached hydrogens (tertiary/aromatic N) is 6. The standard InChI is InChI=1S/C13H21N7O/c1-2-19-12(11-4-3-5-14-8-11)17-20(13(19)21)7-6-18-10-15-9-16-18/h9-11,14H,2-8H2,1H3/t11-/m0/s1. The lowest BCUT2D eigenvalue weighted by molar-refractivity contribution is 0.429. The highest BCUT2D eigenvalue weighted by molar-refractivity contribution is 5.00. The van der Waals surface area contributed by atoms with Crippen LogP contribution >= 0.6 is 0 Å². The second kappa shape index (κ2) is 6.21. The minimum atomic E-state index is -0.0295. The van der Waals surface area contributed by atoms with Gasteiger partial charge in [0.25, 0.3) is 0 Å². The lowest BCUT2D eigenvalue weighted by Crippen LogP contribution is -2.31. The highest BCUT2D eigenvalue weighted by Crippen LogP contribution is 2.20. The molecule has 0 bridgehead atoms. The van der Waals surface area contributed by atoms with Crippen molar-refractivity contribution in [3.8, 4) is 0 Å². The molecule has 2 aromatic heterocycles. The molecule has 8 heteroatoms. The van der Waals surface area contributed by atoms with Crippen LogP contribution in [0.25, 0.3) is 0 Å². The van der Waals surface area contributed by atoms with E-state index >= 15 is 0 Å². The SMILES string of the molecule is CCn1c([C@H]2CCCNC2)nn(CCn2cncn2)c1=O. The van der Waals surface area contributed by atoms with Gasteiger partial charge in [-0.1, -0.05) is 0 Å². The van der Waals surface area contributed by atoms with E-state index in [0.717, 1.165) is 31.8 Å². The van der Waals surface area contributed by atoms with Gasteiger partial charge >= 0.3 is 5.69 Å². The van der Waals surface area contributed by atoms with Gasteiger partial charge in [0.15, 0.2) is 0 Å². The van der Waals surface area contributed by atoms with E-state index in [2.05, 4.69) is 20.5 Å². The van der Waals surface area contributed by atoms with Crippen LogP contribution in [0.4, 0.5) is 0 Å². The zero-order valence-electron chi connectivity index (χ0n) is 12.3. The minimum absolute atomic E-state index is 0.0295. The van der Waals surface area contributed by atoms with Crippen LogP contribution in [-0.2, 0) is 19.6 Å². The molecule has 1 aliphatic rings. The van der Waals surface area contributed by atoms with Gasteiger partial charge in [0.05, 0.1) is 13.1 Å². The second-order valence-corrected chi connectivity index (χ2v) is 5.31. The van der Waals surface area contributed by atoms with E-state index in [0.29, 0.717) is 25.6 Å². The van der Waals surface area contributed by atoms with Crippen molar-refractivity contribution in [3.63, 3.8) is 0 Å². The normalized spacial score (nSPS) is 19.0. The summed E-state index contributed by atoms with van der Waals surface area (Å²) in [5.74, 6) is 1.24. The summed E-state index contributed by atoms with van der Waals surface area (Å²) >= 11 is 0. The first-order valence-corrected chi connectivity index (χ1v) is 7.50. The lowest BCUT2D eigenvalue weighted by Gasteiger charge is -2.21. The molecule has 1 aliphatic heterocycles. The van der Waals surface area contributed by atoms with Crippen molar-refractivity contribution in [2.24, 2.45) is 0 Å². The van der Waals surface area contributed by atoms with Gasteiger partial charge in [-0.3, -0.25) is 9.25 Å². The predicted octanol–water partition coefficient (Wildman–Crippen LogP) is -0.177. The highest BCUT2D eigenvalue weighted by atomic mass is 16.2. The number of hydrogen-bond donors (Lipinski definition) is 1. The topological polar surface area (TPSA) is 82.6 Å². The van der Waals surface area contributed by atoms with Crippen LogP contribution in [-0.4, -0.2) is 42.2 Å². The number of aromatic nitrogens is 6. The predicted molar refractivity (Wildman–Crippen MR) is 77.0 cm³/mol. The zero-order valence-corrected chi connectivity index (χ0v) is 12.3. The first-order valence-electron chi connectivity index (χ1n) is 7.50. The molecule has 0 aliphatic carbocycles. The molecule has 114 valence electrons. The molecule has 2 aromatic rings. The van der Waals surface area contributed by atoms with Gasteiger partial charge in [-0.25, -0.2) is 14.5 Å². The largest absolute Gasteiger partial charge is 0.345 e. The highest BCUT2D eigenvalue weighted by Gasteiger charge is 2.23. The number of nitrogens with one attached hydrogen (secondary N) is 1. The van der Waals surface area contributed by atoms with Crippen molar-refractivity contribution in [3.05, 3.63) is 29.0 Å². The van der Waals surface area contributed by atoms with E-state index in [1.54, 1.807) is 20.3 Å². The Kier molecular flexibility index (Phi) is 4.14. The number of aryl methyl sites for hydroxylation is 2. The fourth-order valence-corrected chi connectivity index (χ4v) is 2.82. The van der Waals surface area contributed by atoms with Crippen LogP contribution in [0.2, 0.25) is 0 Å². The Hall–Kier alpha value is -1.96. The van der Waals surface area contributed by atoms with E-state index in [1.165, 1.54) is 6.33 Å². The van der Waals surface area contributed by atoms with Crippen molar-refractivity contribution in [1.82, 2.24) is 34.4 Å². The summed E-state index contributed by atoms with van der Waals surface area (Å²) in [6.07, 6.45) is 5.36. The maximum absolute atomic E-state index is 12.4. The van der Waals surface area contributed by atoms with Crippen LogP contribution in [0.15, 0.2) is 17.4 Å². The molecule has 1 N–H and O–H groups in total. The van der Waals surface area contributed by atoms with Gasteiger partial charge in [-0.05, 0) is 26.3 Å². The molecule has 0 spiro atoms. The molecular weight excluding hydrogens is 270 g/mol. The molecular formula is C13H21N7O. The van der Waals surface area contributed by atoms with Gasteiger partial charge in [0, 0.05) is 19.0 Å². The van der Waals surface area contributed by atoms with Gasteiger partial charge < -0.3 is 5.32 Å². The zero-order chi connectivity index (χ0) is 14.7. The number of rotatable bonds is 5. The maximum Gasteiger partial charge on any atom is 0.345 e. The molecule has 8 nitrogen and oxygen atoms in total. The fraction of sp³-hybridized carbons (Fsp3) is 0.692. The third kappa shape index (κ3) is 2.90. The van der Waals surface area contributed by atoms with E-state index in [9.17, 15) is 4.79 Å². The van der Waals surface area contributed by atoms with Crippen LogP contribution in [0.1, 0.15) is 31.5 Å². The van der Waals surface area contributed by atoms with Crippen molar-refractivity contribution >= 4 is 0 Å². The van der Waals surface area contributed by atoms with Crippen molar-refractivity contribution < 1.29 is 0 Å². The van der Waals surface area contributed by atoms with Crippen LogP contribution in [0.5, 0.6) is 0 Å². The molecule has 21 heavy (non-hydrogen) atoms. The summed E-state index contributed by atoms with van der Waals surface area (Å²) in [5, 5.41) is 12.0. The molecule has 3 rings (SSSR count). The summed E-state index contributed by atoms with van der Waals surface area (Å²) in [6, 6.07) is 0. The molecule has 0 unspecified atom stereocenters.